The van der Waals surface area contributed by atoms with Crippen LogP contribution in [0.5, 0.6) is 5.88 Å². The summed E-state index contributed by atoms with van der Waals surface area (Å²) >= 11 is 0. The molecule has 7 heteroatoms. The number of aromatic nitrogens is 2. The standard InChI is InChI=1S/C19H17FN2O4/c1-11-4-6-14(16(20)8-11)18-15(12(2)26-22-18)10-25-17-7-5-13(9-21-17)19(23)24-3/h4-9H,10H2,1-3H3. The van der Waals surface area contributed by atoms with Crippen molar-refractivity contribution < 1.29 is 23.2 Å². The van der Waals surface area contributed by atoms with E-state index >= 15 is 0 Å². The number of pyridine rings is 1. The van der Waals surface area contributed by atoms with Crippen molar-refractivity contribution in [2.75, 3.05) is 7.11 Å². The van der Waals surface area contributed by atoms with Crippen LogP contribution in [0.4, 0.5) is 4.39 Å². The summed E-state index contributed by atoms with van der Waals surface area (Å²) < 4.78 is 29.7. The molecule has 0 aliphatic heterocycles. The van der Waals surface area contributed by atoms with Gasteiger partial charge >= 0.3 is 5.97 Å². The van der Waals surface area contributed by atoms with Gasteiger partial charge in [-0.3, -0.25) is 0 Å². The molecule has 6 nitrogen and oxygen atoms in total. The maximum atomic E-state index is 14.3. The number of carbonyl (C=O) groups excluding carboxylic acids is 1. The highest BCUT2D eigenvalue weighted by atomic mass is 19.1. The third-order valence-electron chi connectivity index (χ3n) is 3.89. The van der Waals surface area contributed by atoms with Gasteiger partial charge in [0.25, 0.3) is 0 Å². The summed E-state index contributed by atoms with van der Waals surface area (Å²) in [5.74, 6) is -0.00379. The topological polar surface area (TPSA) is 74.5 Å². The van der Waals surface area contributed by atoms with Gasteiger partial charge in [-0.15, -0.1) is 0 Å². The number of rotatable bonds is 5. The fourth-order valence-electron chi connectivity index (χ4n) is 2.44. The van der Waals surface area contributed by atoms with Gasteiger partial charge in [-0.1, -0.05) is 11.2 Å². The lowest BCUT2D eigenvalue weighted by Crippen LogP contribution is -2.03. The lowest BCUT2D eigenvalue weighted by Gasteiger charge is -2.07. The van der Waals surface area contributed by atoms with Gasteiger partial charge in [0.05, 0.1) is 18.2 Å². The highest BCUT2D eigenvalue weighted by Crippen LogP contribution is 2.29. The molecule has 3 rings (SSSR count). The van der Waals surface area contributed by atoms with E-state index in [4.69, 9.17) is 9.26 Å². The molecule has 2 heterocycles. The van der Waals surface area contributed by atoms with E-state index < -0.39 is 5.97 Å². The third-order valence-corrected chi connectivity index (χ3v) is 3.89. The van der Waals surface area contributed by atoms with Gasteiger partial charge in [0.1, 0.15) is 23.9 Å². The molecule has 2 aromatic heterocycles. The van der Waals surface area contributed by atoms with Crippen molar-refractivity contribution in [3.8, 4) is 17.1 Å². The Morgan fingerprint density at radius 2 is 2.04 bits per heavy atom. The first-order valence-corrected chi connectivity index (χ1v) is 7.88. The molecule has 1 aromatic carbocycles. The number of methoxy groups -OCH3 is 1. The molecule has 0 unspecified atom stereocenters. The molecule has 0 atom stereocenters. The van der Waals surface area contributed by atoms with Crippen LogP contribution in [0.1, 0.15) is 27.2 Å². The van der Waals surface area contributed by atoms with E-state index in [2.05, 4.69) is 14.9 Å². The van der Waals surface area contributed by atoms with Crippen LogP contribution in [0.2, 0.25) is 0 Å². The molecule has 0 amide bonds. The molecule has 0 spiro atoms. The van der Waals surface area contributed by atoms with Crippen LogP contribution < -0.4 is 4.74 Å². The Hall–Kier alpha value is -3.22. The molecule has 0 N–H and O–H groups in total. The SMILES string of the molecule is COC(=O)c1ccc(OCc2c(-c3ccc(C)cc3F)noc2C)nc1. The number of ether oxygens (including phenoxy) is 2. The molecule has 0 radical (unpaired) electrons. The van der Waals surface area contributed by atoms with Crippen molar-refractivity contribution >= 4 is 5.97 Å². The lowest BCUT2D eigenvalue weighted by atomic mass is 10.0. The van der Waals surface area contributed by atoms with Gasteiger partial charge in [0.15, 0.2) is 0 Å². The van der Waals surface area contributed by atoms with Crippen molar-refractivity contribution in [2.24, 2.45) is 0 Å². The summed E-state index contributed by atoms with van der Waals surface area (Å²) in [6, 6.07) is 8.02. The highest BCUT2D eigenvalue weighted by molar-refractivity contribution is 5.88. The molecule has 0 fully saturated rings. The van der Waals surface area contributed by atoms with E-state index in [1.165, 1.54) is 19.4 Å². The van der Waals surface area contributed by atoms with Crippen molar-refractivity contribution in [1.29, 1.82) is 0 Å². The largest absolute Gasteiger partial charge is 0.473 e. The minimum Gasteiger partial charge on any atom is -0.473 e. The van der Waals surface area contributed by atoms with E-state index in [9.17, 15) is 9.18 Å². The Morgan fingerprint density at radius 1 is 1.23 bits per heavy atom. The summed E-state index contributed by atoms with van der Waals surface area (Å²) in [7, 11) is 1.30. The first-order chi connectivity index (χ1) is 12.5. The number of hydrogen-bond acceptors (Lipinski definition) is 6. The van der Waals surface area contributed by atoms with Gasteiger partial charge in [0.2, 0.25) is 5.88 Å². The zero-order valence-corrected chi connectivity index (χ0v) is 14.6. The minimum absolute atomic E-state index is 0.0998. The number of hydrogen-bond donors (Lipinski definition) is 0. The van der Waals surface area contributed by atoms with Crippen molar-refractivity contribution in [3.63, 3.8) is 0 Å². The predicted molar refractivity (Wildman–Crippen MR) is 91.3 cm³/mol. The van der Waals surface area contributed by atoms with Crippen molar-refractivity contribution in [3.05, 3.63) is 64.8 Å². The first kappa shape index (κ1) is 17.6. The number of nitrogens with zero attached hydrogens (tertiary/aromatic N) is 2. The molecule has 0 aliphatic carbocycles. The number of benzene rings is 1. The molecular formula is C19H17FN2O4. The second-order valence-corrected chi connectivity index (χ2v) is 5.71. The normalized spacial score (nSPS) is 10.6. The predicted octanol–water partition coefficient (Wildman–Crippen LogP) is 3.86. The zero-order valence-electron chi connectivity index (χ0n) is 14.6. The molecular weight excluding hydrogens is 339 g/mol. The van der Waals surface area contributed by atoms with Crippen LogP contribution >= 0.6 is 0 Å². The van der Waals surface area contributed by atoms with Crippen LogP contribution in [0.25, 0.3) is 11.3 Å². The molecule has 0 saturated carbocycles. The average molecular weight is 356 g/mol. The van der Waals surface area contributed by atoms with E-state index in [1.54, 1.807) is 31.2 Å². The molecule has 0 aliphatic rings. The summed E-state index contributed by atoms with van der Waals surface area (Å²) in [6.45, 7) is 3.65. The summed E-state index contributed by atoms with van der Waals surface area (Å²) in [5.41, 5.74) is 2.51. The highest BCUT2D eigenvalue weighted by Gasteiger charge is 2.18. The molecule has 0 bridgehead atoms. The monoisotopic (exact) mass is 356 g/mol. The average Bonchev–Trinajstić information content (AvgIpc) is 3.00. The number of carbonyl (C=O) groups is 1. The van der Waals surface area contributed by atoms with Crippen LogP contribution in [0.15, 0.2) is 41.1 Å². The fourth-order valence-corrected chi connectivity index (χ4v) is 2.44. The minimum atomic E-state index is -0.476. The summed E-state index contributed by atoms with van der Waals surface area (Å²) in [6.07, 6.45) is 1.36. The first-order valence-electron chi connectivity index (χ1n) is 7.88. The third kappa shape index (κ3) is 3.56. The Kier molecular flexibility index (Phi) is 4.97. The second-order valence-electron chi connectivity index (χ2n) is 5.71. The summed E-state index contributed by atoms with van der Waals surface area (Å²) in [4.78, 5) is 15.5. The quantitative estimate of drug-likeness (QED) is 0.646. The van der Waals surface area contributed by atoms with Crippen LogP contribution in [0, 0.1) is 19.7 Å². The fraction of sp³-hybridized carbons (Fsp3) is 0.211. The van der Waals surface area contributed by atoms with E-state index in [0.717, 1.165) is 5.56 Å². The summed E-state index contributed by atoms with van der Waals surface area (Å²) in [5, 5.41) is 3.96. The van der Waals surface area contributed by atoms with Crippen molar-refractivity contribution in [2.45, 2.75) is 20.5 Å². The van der Waals surface area contributed by atoms with Gasteiger partial charge in [0, 0.05) is 17.8 Å². The number of halogens is 1. The second kappa shape index (κ2) is 7.35. The van der Waals surface area contributed by atoms with E-state index in [-0.39, 0.29) is 12.4 Å². The van der Waals surface area contributed by atoms with Crippen LogP contribution in [0.3, 0.4) is 0 Å². The van der Waals surface area contributed by atoms with E-state index in [0.29, 0.717) is 34.0 Å². The number of aryl methyl sites for hydroxylation is 2. The maximum absolute atomic E-state index is 14.3. The van der Waals surface area contributed by atoms with E-state index in [1.807, 2.05) is 6.92 Å². The van der Waals surface area contributed by atoms with Gasteiger partial charge in [-0.2, -0.15) is 0 Å². The molecule has 134 valence electrons. The maximum Gasteiger partial charge on any atom is 0.339 e. The number of esters is 1. The van der Waals surface area contributed by atoms with Gasteiger partial charge < -0.3 is 14.0 Å². The smallest absolute Gasteiger partial charge is 0.339 e. The Morgan fingerprint density at radius 3 is 2.69 bits per heavy atom. The van der Waals surface area contributed by atoms with Gasteiger partial charge in [-0.25, -0.2) is 14.2 Å². The van der Waals surface area contributed by atoms with Gasteiger partial charge in [-0.05, 0) is 37.6 Å². The van der Waals surface area contributed by atoms with Crippen LogP contribution in [-0.4, -0.2) is 23.2 Å². The van der Waals surface area contributed by atoms with Crippen LogP contribution in [-0.2, 0) is 11.3 Å². The Labute approximate surface area is 149 Å². The van der Waals surface area contributed by atoms with Crippen molar-refractivity contribution in [1.82, 2.24) is 10.1 Å². The molecule has 26 heavy (non-hydrogen) atoms. The zero-order chi connectivity index (χ0) is 18.7. The molecule has 3 aromatic rings. The Bertz CT molecular complexity index is 935. The molecule has 0 saturated heterocycles. The lowest BCUT2D eigenvalue weighted by molar-refractivity contribution is 0.0600. The Balaban J connectivity index is 1.80.